The van der Waals surface area contributed by atoms with Crippen molar-refractivity contribution in [3.8, 4) is 5.75 Å². The number of alkyl halides is 1. The Morgan fingerprint density at radius 1 is 1.03 bits per heavy atom. The van der Waals surface area contributed by atoms with Gasteiger partial charge < -0.3 is 26.0 Å². The van der Waals surface area contributed by atoms with Crippen LogP contribution in [0.2, 0.25) is 0 Å². The van der Waals surface area contributed by atoms with Gasteiger partial charge >= 0.3 is 0 Å². The van der Waals surface area contributed by atoms with Crippen molar-refractivity contribution in [2.45, 2.75) is 13.3 Å². The van der Waals surface area contributed by atoms with Crippen molar-refractivity contribution in [2.75, 3.05) is 28.9 Å². The minimum Gasteiger partial charge on any atom is -0.507 e. The number of carbonyl (C=O) groups is 2. The number of aromatic nitrogens is 1. The molecule has 0 radical (unpaired) electrons. The molecular formula is C30H27ClN4O3. The fourth-order valence-corrected chi connectivity index (χ4v) is 5.06. The van der Waals surface area contributed by atoms with Crippen molar-refractivity contribution in [2.24, 2.45) is 0 Å². The van der Waals surface area contributed by atoms with E-state index < -0.39 is 0 Å². The number of fused-ring (bicyclic) bond motifs is 4. The van der Waals surface area contributed by atoms with Crippen LogP contribution in [0.3, 0.4) is 0 Å². The van der Waals surface area contributed by atoms with Crippen molar-refractivity contribution < 1.29 is 14.7 Å². The Morgan fingerprint density at radius 3 is 2.55 bits per heavy atom. The van der Waals surface area contributed by atoms with E-state index in [9.17, 15) is 14.7 Å². The van der Waals surface area contributed by atoms with Gasteiger partial charge in [0, 0.05) is 52.2 Å². The third kappa shape index (κ3) is 4.41. The molecule has 0 aliphatic carbocycles. The summed E-state index contributed by atoms with van der Waals surface area (Å²) in [6, 6.07) is 21.5. The Kier molecular flexibility index (Phi) is 6.70. The van der Waals surface area contributed by atoms with E-state index in [1.165, 1.54) is 6.38 Å². The summed E-state index contributed by atoms with van der Waals surface area (Å²) in [5.74, 6) is -0.229. The second-order valence-electron chi connectivity index (χ2n) is 9.16. The molecule has 5 N–H and O–H groups in total. The number of aryl methyl sites for hydroxylation is 1. The highest BCUT2D eigenvalue weighted by molar-refractivity contribution is 6.15. The van der Waals surface area contributed by atoms with Gasteiger partial charge in [-0.2, -0.15) is 0 Å². The minimum absolute atomic E-state index is 0.162. The molecule has 0 saturated heterocycles. The first-order valence-corrected chi connectivity index (χ1v) is 12.9. The van der Waals surface area contributed by atoms with Crippen LogP contribution in [0.4, 0.5) is 17.1 Å². The summed E-state index contributed by atoms with van der Waals surface area (Å²) < 4.78 is 0. The molecule has 8 heteroatoms. The second-order valence-corrected chi connectivity index (χ2v) is 9.16. The average Bonchev–Trinajstić information content (AvgIpc) is 3.54. The lowest BCUT2D eigenvalue weighted by Crippen LogP contribution is -2.29. The molecule has 7 nitrogen and oxygen atoms in total. The number of nitrogen functional groups attached to an aromatic ring is 1. The second kappa shape index (κ2) is 10.1. The molecule has 38 heavy (non-hydrogen) atoms. The monoisotopic (exact) mass is 526 g/mol. The normalized spacial score (nSPS) is 12.2. The van der Waals surface area contributed by atoms with Gasteiger partial charge in [-0.15, -0.1) is 11.6 Å². The Morgan fingerprint density at radius 2 is 1.79 bits per heavy atom. The van der Waals surface area contributed by atoms with Crippen molar-refractivity contribution in [3.63, 3.8) is 0 Å². The highest BCUT2D eigenvalue weighted by Crippen LogP contribution is 2.41. The molecule has 2 heterocycles. The molecule has 0 unspecified atom stereocenters. The topological polar surface area (TPSA) is 111 Å². The standard InChI is InChI=1S/C29H24N4O3.CH3Cl/c1-16-3-2-4-22-26(34)15-25-21(27(16)22)11-12-33(25)29(36)24-14-18-13-20(9-10-23(18)32-24)31-28(35)17-5-7-19(30)8-6-17;1-2/h2-10,13-15,32,34H,11-12,30H2,1H3,(H,31,35);1H3. The number of benzene rings is 4. The number of carbonyl (C=O) groups excluding carboxylic acids is 2. The fourth-order valence-electron chi connectivity index (χ4n) is 5.06. The molecule has 4 aromatic carbocycles. The molecule has 6 rings (SSSR count). The predicted molar refractivity (Wildman–Crippen MR) is 155 cm³/mol. The Balaban J connectivity index is 0.00000144. The number of phenols is 1. The van der Waals surface area contributed by atoms with Gasteiger partial charge in [0.15, 0.2) is 0 Å². The zero-order valence-corrected chi connectivity index (χ0v) is 21.8. The summed E-state index contributed by atoms with van der Waals surface area (Å²) in [5, 5.41) is 16.2. The summed E-state index contributed by atoms with van der Waals surface area (Å²) in [6.07, 6.45) is 2.20. The third-order valence-electron chi connectivity index (χ3n) is 6.84. The Labute approximate surface area is 224 Å². The third-order valence-corrected chi connectivity index (χ3v) is 6.84. The zero-order valence-electron chi connectivity index (χ0n) is 21.0. The van der Waals surface area contributed by atoms with Crippen LogP contribution in [-0.4, -0.2) is 34.8 Å². The summed E-state index contributed by atoms with van der Waals surface area (Å²) in [6.45, 7) is 2.56. The quantitative estimate of drug-likeness (QED) is 0.165. The van der Waals surface area contributed by atoms with Gasteiger partial charge in [0.05, 0.1) is 5.69 Å². The Bertz CT molecular complexity index is 1690. The average molecular weight is 527 g/mol. The highest BCUT2D eigenvalue weighted by Gasteiger charge is 2.29. The summed E-state index contributed by atoms with van der Waals surface area (Å²) in [4.78, 5) is 31.0. The van der Waals surface area contributed by atoms with Crippen molar-refractivity contribution >= 4 is 62.2 Å². The van der Waals surface area contributed by atoms with Gasteiger partial charge in [0.25, 0.3) is 11.8 Å². The van der Waals surface area contributed by atoms with Gasteiger partial charge in [0.1, 0.15) is 11.4 Å². The maximum atomic E-state index is 13.5. The SMILES string of the molecule is CCl.Cc1cccc2c(O)cc3c(c12)CCN3C(=O)c1cc2cc(NC(=O)c3ccc(N)cc3)ccc2[nH]1. The molecule has 2 amide bonds. The first kappa shape index (κ1) is 25.2. The number of nitrogens with one attached hydrogen (secondary N) is 2. The van der Waals surface area contributed by atoms with E-state index in [1.807, 2.05) is 37.3 Å². The first-order valence-electron chi connectivity index (χ1n) is 12.1. The molecule has 1 aliphatic rings. The Hall–Kier alpha value is -4.49. The molecule has 0 atom stereocenters. The van der Waals surface area contributed by atoms with Crippen LogP contribution in [0, 0.1) is 6.92 Å². The lowest BCUT2D eigenvalue weighted by molar-refractivity contribution is 0.0984. The van der Waals surface area contributed by atoms with Gasteiger partial charge in [0.2, 0.25) is 0 Å². The van der Waals surface area contributed by atoms with Gasteiger partial charge in [-0.1, -0.05) is 18.2 Å². The highest BCUT2D eigenvalue weighted by atomic mass is 35.5. The van der Waals surface area contributed by atoms with Crippen LogP contribution in [0.25, 0.3) is 21.7 Å². The number of aromatic amines is 1. The summed E-state index contributed by atoms with van der Waals surface area (Å²) in [5.41, 5.74) is 11.6. The molecule has 1 aromatic heterocycles. The van der Waals surface area contributed by atoms with E-state index in [-0.39, 0.29) is 17.6 Å². The summed E-state index contributed by atoms with van der Waals surface area (Å²) in [7, 11) is 0. The van der Waals surface area contributed by atoms with Crippen molar-refractivity contribution in [3.05, 3.63) is 95.2 Å². The minimum atomic E-state index is -0.239. The van der Waals surface area contributed by atoms with Crippen LogP contribution >= 0.6 is 11.6 Å². The lowest BCUT2D eigenvalue weighted by Gasteiger charge is -2.18. The van der Waals surface area contributed by atoms with Gasteiger partial charge in [-0.25, -0.2) is 0 Å². The predicted octanol–water partition coefficient (Wildman–Crippen LogP) is 6.23. The van der Waals surface area contributed by atoms with Crippen LogP contribution < -0.4 is 16.0 Å². The number of nitrogens with zero attached hydrogens (tertiary/aromatic N) is 1. The smallest absolute Gasteiger partial charge is 0.274 e. The van der Waals surface area contributed by atoms with E-state index in [2.05, 4.69) is 21.9 Å². The molecule has 0 saturated carbocycles. The number of rotatable bonds is 3. The van der Waals surface area contributed by atoms with Crippen molar-refractivity contribution in [1.82, 2.24) is 4.98 Å². The van der Waals surface area contributed by atoms with Gasteiger partial charge in [-0.3, -0.25) is 9.59 Å². The molecule has 0 spiro atoms. The molecule has 1 aliphatic heterocycles. The first-order chi connectivity index (χ1) is 18.4. The molecular weight excluding hydrogens is 500 g/mol. The molecule has 0 bridgehead atoms. The maximum Gasteiger partial charge on any atom is 0.274 e. The number of H-pyrrole nitrogens is 1. The fraction of sp³-hybridized carbons (Fsp3) is 0.133. The van der Waals surface area contributed by atoms with E-state index in [1.54, 1.807) is 47.4 Å². The van der Waals surface area contributed by atoms with Crippen LogP contribution in [0.1, 0.15) is 32.0 Å². The number of hydrogen-bond acceptors (Lipinski definition) is 4. The van der Waals surface area contributed by atoms with Crippen LogP contribution in [0.15, 0.2) is 72.8 Å². The number of halogens is 1. The molecule has 0 fully saturated rings. The van der Waals surface area contributed by atoms with Crippen LogP contribution in [-0.2, 0) is 6.42 Å². The largest absolute Gasteiger partial charge is 0.507 e. The summed E-state index contributed by atoms with van der Waals surface area (Å²) >= 11 is 4.64. The van der Waals surface area contributed by atoms with E-state index >= 15 is 0 Å². The van der Waals surface area contributed by atoms with E-state index in [0.717, 1.165) is 44.9 Å². The zero-order chi connectivity index (χ0) is 27.0. The van der Waals surface area contributed by atoms with Gasteiger partial charge in [-0.05, 0) is 78.4 Å². The number of phenolic OH excluding ortho intramolecular Hbond substituents is 1. The number of aromatic hydroxyl groups is 1. The van der Waals surface area contributed by atoms with E-state index in [4.69, 9.17) is 5.73 Å². The van der Waals surface area contributed by atoms with Crippen LogP contribution in [0.5, 0.6) is 5.75 Å². The lowest BCUT2D eigenvalue weighted by atomic mass is 9.97. The number of amides is 2. The van der Waals surface area contributed by atoms with Crippen molar-refractivity contribution in [1.29, 1.82) is 0 Å². The number of hydrogen-bond donors (Lipinski definition) is 4. The molecule has 5 aromatic rings. The maximum absolute atomic E-state index is 13.5. The number of anilines is 3. The van der Waals surface area contributed by atoms with E-state index in [0.29, 0.717) is 29.2 Å². The molecule has 192 valence electrons. The number of nitrogens with two attached hydrogens (primary N) is 1.